The third-order valence-corrected chi connectivity index (χ3v) is 6.08. The molecule has 142 valence electrons. The van der Waals surface area contributed by atoms with Gasteiger partial charge in [0, 0.05) is 5.56 Å². The van der Waals surface area contributed by atoms with E-state index >= 15 is 0 Å². The van der Waals surface area contributed by atoms with Crippen LogP contribution in [0.1, 0.15) is 32.4 Å². The zero-order valence-corrected chi connectivity index (χ0v) is 15.5. The van der Waals surface area contributed by atoms with E-state index in [1.807, 2.05) is 0 Å². The van der Waals surface area contributed by atoms with E-state index in [0.29, 0.717) is 11.2 Å². The topological polar surface area (TPSA) is 149 Å². The van der Waals surface area contributed by atoms with Gasteiger partial charge in [0.25, 0.3) is 0 Å². The van der Waals surface area contributed by atoms with E-state index in [0.717, 1.165) is 0 Å². The molecule has 2 fully saturated rings. The molecule has 0 aliphatic carbocycles. The van der Waals surface area contributed by atoms with Crippen LogP contribution < -0.4 is 11.5 Å². The molecule has 2 aromatic heterocycles. The van der Waals surface area contributed by atoms with Crippen molar-refractivity contribution in [1.82, 2.24) is 19.6 Å². The molecule has 2 saturated heterocycles. The number of aromatic nitrogens is 4. The van der Waals surface area contributed by atoms with Gasteiger partial charge in [-0.1, -0.05) is 0 Å². The number of phosphoric acid groups is 1. The van der Waals surface area contributed by atoms with Gasteiger partial charge in [-0.2, -0.15) is 9.61 Å². The number of fused-ring (bicyclic) bond motifs is 2. The van der Waals surface area contributed by atoms with E-state index in [1.54, 1.807) is 27.0 Å². The number of nitrogens with two attached hydrogens (primary N) is 2. The Labute approximate surface area is 149 Å². The van der Waals surface area contributed by atoms with Crippen LogP contribution in [-0.4, -0.2) is 50.0 Å². The number of hydrogen-bond donors (Lipinski definition) is 2. The molecule has 0 radical (unpaired) electrons. The standard InChI is InChI=1S/C14H21N6O5P/c1-7(2)24-26(21)22-5-9-11(25-26)14(3,16)10(23-9)8-4-19-20-12(8)17-6-18-13(20)15/h4,6-7,9-11H,5,16H2,1-3H3,(H2,15,17,18)/t9-,10+,11-,14+,26-/m1/s1. The molecule has 2 aromatic rings. The number of phosphoric ester groups is 1. The summed E-state index contributed by atoms with van der Waals surface area (Å²) in [5.74, 6) is 0.199. The van der Waals surface area contributed by atoms with Crippen molar-refractivity contribution in [2.75, 3.05) is 12.3 Å². The molecule has 26 heavy (non-hydrogen) atoms. The molecule has 4 heterocycles. The SMILES string of the molecule is CC(C)O[P@@]1(=O)OC[C@H]2O[C@@H](c3cnn4c(N)ncnc34)[C@](C)(N)[C@@H]2O1. The molecule has 0 bridgehead atoms. The molecule has 0 amide bonds. The maximum atomic E-state index is 12.7. The highest BCUT2D eigenvalue weighted by molar-refractivity contribution is 7.48. The molecule has 2 aliphatic heterocycles. The first-order valence-corrected chi connectivity index (χ1v) is 9.67. The first kappa shape index (κ1) is 17.8. The lowest BCUT2D eigenvalue weighted by Gasteiger charge is -2.36. The van der Waals surface area contributed by atoms with Crippen LogP contribution in [0.3, 0.4) is 0 Å². The molecule has 11 nitrogen and oxygen atoms in total. The second-order valence-electron chi connectivity index (χ2n) is 6.91. The van der Waals surface area contributed by atoms with Crippen molar-refractivity contribution < 1.29 is 22.9 Å². The van der Waals surface area contributed by atoms with Gasteiger partial charge in [-0.15, -0.1) is 0 Å². The lowest BCUT2D eigenvalue weighted by molar-refractivity contribution is -0.0629. The van der Waals surface area contributed by atoms with Gasteiger partial charge in [0.1, 0.15) is 24.6 Å². The van der Waals surface area contributed by atoms with Gasteiger partial charge in [0.05, 0.1) is 24.4 Å². The number of nitrogen functional groups attached to an aromatic ring is 1. The van der Waals surface area contributed by atoms with E-state index in [4.69, 9.17) is 29.8 Å². The number of ether oxygens (including phenoxy) is 1. The fraction of sp³-hybridized carbons (Fsp3) is 0.643. The second-order valence-corrected chi connectivity index (χ2v) is 8.49. The molecule has 5 atom stereocenters. The zero-order valence-electron chi connectivity index (χ0n) is 14.6. The van der Waals surface area contributed by atoms with Crippen molar-refractivity contribution in [3.8, 4) is 0 Å². The molecular weight excluding hydrogens is 363 g/mol. The van der Waals surface area contributed by atoms with Gasteiger partial charge in [0.2, 0.25) is 5.95 Å². The Morgan fingerprint density at radius 2 is 2.23 bits per heavy atom. The van der Waals surface area contributed by atoms with E-state index in [-0.39, 0.29) is 18.7 Å². The monoisotopic (exact) mass is 384 g/mol. The maximum Gasteiger partial charge on any atom is 0.475 e. The molecule has 0 saturated carbocycles. The third-order valence-electron chi connectivity index (χ3n) is 4.45. The van der Waals surface area contributed by atoms with Gasteiger partial charge in [0.15, 0.2) is 5.65 Å². The average molecular weight is 384 g/mol. The Kier molecular flexibility index (Phi) is 4.07. The largest absolute Gasteiger partial charge is 0.475 e. The summed E-state index contributed by atoms with van der Waals surface area (Å²) in [6.07, 6.45) is 0.813. The Hall–Kier alpha value is -1.62. The summed E-state index contributed by atoms with van der Waals surface area (Å²) >= 11 is 0. The van der Waals surface area contributed by atoms with Gasteiger partial charge in [-0.25, -0.2) is 14.5 Å². The van der Waals surface area contributed by atoms with Crippen molar-refractivity contribution in [1.29, 1.82) is 0 Å². The Bertz CT molecular complexity index is 886. The van der Waals surface area contributed by atoms with Crippen molar-refractivity contribution >= 4 is 19.4 Å². The summed E-state index contributed by atoms with van der Waals surface area (Å²) in [7, 11) is -3.71. The average Bonchev–Trinajstić information content (AvgIpc) is 3.07. The van der Waals surface area contributed by atoms with Crippen LogP contribution in [-0.2, 0) is 22.9 Å². The number of nitrogens with zero attached hydrogens (tertiary/aromatic N) is 4. The first-order valence-electron chi connectivity index (χ1n) is 8.21. The normalized spacial score (nSPS) is 37.3. The predicted octanol–water partition coefficient (Wildman–Crippen LogP) is 0.812. The Balaban J connectivity index is 1.68. The predicted molar refractivity (Wildman–Crippen MR) is 90.1 cm³/mol. The smallest absolute Gasteiger partial charge is 0.368 e. The quantitative estimate of drug-likeness (QED) is 0.728. The molecule has 4 rings (SSSR count). The summed E-state index contributed by atoms with van der Waals surface area (Å²) in [4.78, 5) is 8.12. The van der Waals surface area contributed by atoms with Gasteiger partial charge < -0.3 is 16.2 Å². The molecule has 2 aliphatic rings. The van der Waals surface area contributed by atoms with E-state index < -0.39 is 31.7 Å². The highest BCUT2D eigenvalue weighted by Crippen LogP contribution is 2.59. The summed E-state index contributed by atoms with van der Waals surface area (Å²) < 4.78 is 36.5. The van der Waals surface area contributed by atoms with Crippen molar-refractivity contribution in [2.45, 2.75) is 50.7 Å². The minimum atomic E-state index is -3.71. The zero-order chi connectivity index (χ0) is 18.7. The van der Waals surface area contributed by atoms with Gasteiger partial charge >= 0.3 is 7.82 Å². The summed E-state index contributed by atoms with van der Waals surface area (Å²) in [5.41, 5.74) is 12.5. The third kappa shape index (κ3) is 2.72. The van der Waals surface area contributed by atoms with Crippen LogP contribution in [0, 0.1) is 0 Å². The summed E-state index contributed by atoms with van der Waals surface area (Å²) in [6.45, 7) is 5.31. The van der Waals surface area contributed by atoms with Crippen LogP contribution in [0.2, 0.25) is 0 Å². The fourth-order valence-electron chi connectivity index (χ4n) is 3.34. The Morgan fingerprint density at radius 1 is 1.46 bits per heavy atom. The van der Waals surface area contributed by atoms with Crippen LogP contribution in [0.4, 0.5) is 5.95 Å². The van der Waals surface area contributed by atoms with E-state index in [2.05, 4.69) is 15.1 Å². The van der Waals surface area contributed by atoms with Crippen molar-refractivity contribution in [3.63, 3.8) is 0 Å². The fourth-order valence-corrected chi connectivity index (χ4v) is 5.00. The second kappa shape index (κ2) is 5.95. The number of hydrogen-bond acceptors (Lipinski definition) is 10. The van der Waals surface area contributed by atoms with Crippen LogP contribution >= 0.6 is 7.82 Å². The lowest BCUT2D eigenvalue weighted by Crippen LogP contribution is -2.53. The lowest BCUT2D eigenvalue weighted by atomic mass is 9.87. The van der Waals surface area contributed by atoms with E-state index in [9.17, 15) is 4.57 Å². The van der Waals surface area contributed by atoms with Crippen LogP contribution in [0.15, 0.2) is 12.5 Å². The summed E-state index contributed by atoms with van der Waals surface area (Å²) in [5, 5.41) is 4.19. The van der Waals surface area contributed by atoms with Crippen LogP contribution in [0.25, 0.3) is 5.65 Å². The van der Waals surface area contributed by atoms with Crippen molar-refractivity contribution in [3.05, 3.63) is 18.1 Å². The Morgan fingerprint density at radius 3 is 2.96 bits per heavy atom. The maximum absolute atomic E-state index is 12.7. The molecule has 0 spiro atoms. The highest BCUT2D eigenvalue weighted by Gasteiger charge is 2.59. The first-order chi connectivity index (χ1) is 12.2. The van der Waals surface area contributed by atoms with E-state index in [1.165, 1.54) is 10.8 Å². The van der Waals surface area contributed by atoms with Crippen molar-refractivity contribution in [2.24, 2.45) is 5.73 Å². The van der Waals surface area contributed by atoms with Gasteiger partial charge in [-0.3, -0.25) is 13.6 Å². The minimum absolute atomic E-state index is 0.0499. The molecule has 0 aromatic carbocycles. The molecule has 12 heteroatoms. The molecular formula is C14H21N6O5P. The molecule has 4 N–H and O–H groups in total. The summed E-state index contributed by atoms with van der Waals surface area (Å²) in [6, 6.07) is 0. The minimum Gasteiger partial charge on any atom is -0.368 e. The highest BCUT2D eigenvalue weighted by atomic mass is 31.2. The number of rotatable bonds is 3. The van der Waals surface area contributed by atoms with Crippen LogP contribution in [0.5, 0.6) is 0 Å². The van der Waals surface area contributed by atoms with Gasteiger partial charge in [-0.05, 0) is 20.8 Å². The number of anilines is 1. The molecule has 0 unspecified atom stereocenters.